The van der Waals surface area contributed by atoms with Crippen LogP contribution in [0.15, 0.2) is 24.3 Å². The van der Waals surface area contributed by atoms with E-state index in [1.54, 1.807) is 52.7 Å². The Labute approximate surface area is 280 Å². The molecule has 48 heavy (non-hydrogen) atoms. The zero-order valence-corrected chi connectivity index (χ0v) is 28.4. The number of rotatable bonds is 9. The van der Waals surface area contributed by atoms with E-state index in [2.05, 4.69) is 11.8 Å². The van der Waals surface area contributed by atoms with Crippen LogP contribution in [0.1, 0.15) is 55.8 Å². The summed E-state index contributed by atoms with van der Waals surface area (Å²) in [6.07, 6.45) is 0.951. The predicted octanol–water partition coefficient (Wildman–Crippen LogP) is 1.79. The standard InChI is InChI=1S/C36H48N2O10/c1-6-37-17-33(18-48-31(41)19-9-7-8-10-22(19)38-25(39)11-12-26(38)40)14-13-24(45-3)35-21-15-20-23(44-2)16-34(42,27(21)28(20)46-4)36(43,32(35)37)30(47-5)29(33)35/h7-10,20-21,23-24,27-30,32,42-43H,6,11-18H2,1-5H3/t20-,21-,23-,24+,27-,28-,29-,30+,32+,33+,34-,35+,36-/m1/s1. The average molecular weight is 669 g/mol. The van der Waals surface area contributed by atoms with Crippen LogP contribution < -0.4 is 4.90 Å². The molecular formula is C36H48N2O10. The van der Waals surface area contributed by atoms with Crippen molar-refractivity contribution in [3.05, 3.63) is 29.8 Å². The molecule has 1 aromatic carbocycles. The predicted molar refractivity (Wildman–Crippen MR) is 170 cm³/mol. The average Bonchev–Trinajstić information content (AvgIpc) is 3.66. The number of carbonyl (C=O) groups is 3. The van der Waals surface area contributed by atoms with Crippen molar-refractivity contribution in [1.82, 2.24) is 4.90 Å². The van der Waals surface area contributed by atoms with Crippen LogP contribution in [-0.4, -0.2) is 123 Å². The van der Waals surface area contributed by atoms with Gasteiger partial charge in [0.2, 0.25) is 11.8 Å². The van der Waals surface area contributed by atoms with Crippen LogP contribution in [0.3, 0.4) is 0 Å². The molecule has 2 saturated heterocycles. The lowest BCUT2D eigenvalue weighted by Crippen LogP contribution is -2.82. The number of nitrogens with zero attached hydrogens (tertiary/aromatic N) is 2. The molecule has 0 radical (unpaired) electrons. The van der Waals surface area contributed by atoms with Crippen LogP contribution in [0.2, 0.25) is 0 Å². The molecule has 1 aromatic rings. The Morgan fingerprint density at radius 1 is 1.00 bits per heavy atom. The van der Waals surface area contributed by atoms with Gasteiger partial charge in [0.1, 0.15) is 11.2 Å². The molecule has 2 amide bonds. The first-order chi connectivity index (χ1) is 23.0. The number of methoxy groups -OCH3 is 4. The number of carbonyl (C=O) groups excluding carboxylic acids is 3. The highest BCUT2D eigenvalue weighted by Gasteiger charge is 2.91. The summed E-state index contributed by atoms with van der Waals surface area (Å²) in [5.41, 5.74) is -4.15. The van der Waals surface area contributed by atoms with Crippen LogP contribution in [0.25, 0.3) is 0 Å². The number of likely N-dealkylation sites (tertiary alicyclic amines) is 1. The molecule has 13 atom stereocenters. The molecule has 2 heterocycles. The Morgan fingerprint density at radius 2 is 1.73 bits per heavy atom. The summed E-state index contributed by atoms with van der Waals surface area (Å²) in [4.78, 5) is 42.6. The van der Waals surface area contributed by atoms with Crippen LogP contribution in [0, 0.1) is 34.5 Å². The fourth-order valence-electron chi connectivity index (χ4n) is 13.0. The number of piperidine rings is 1. The van der Waals surface area contributed by atoms with Gasteiger partial charge in [0.05, 0.1) is 48.3 Å². The maximum absolute atomic E-state index is 14.0. The van der Waals surface area contributed by atoms with Gasteiger partial charge in [-0.3, -0.25) is 14.5 Å². The van der Waals surface area contributed by atoms with Gasteiger partial charge in [0.15, 0.2) is 0 Å². The topological polar surface area (TPSA) is 144 Å². The first-order valence-electron chi connectivity index (χ1n) is 17.5. The molecule has 12 heteroatoms. The molecule has 262 valence electrons. The monoisotopic (exact) mass is 668 g/mol. The van der Waals surface area contributed by atoms with E-state index in [1.165, 1.54) is 0 Å². The molecule has 7 bridgehead atoms. The molecule has 7 aliphatic rings. The Hall–Kier alpha value is -2.45. The number of imide groups is 1. The summed E-state index contributed by atoms with van der Waals surface area (Å²) < 4.78 is 31.3. The summed E-state index contributed by atoms with van der Waals surface area (Å²) in [7, 11) is 6.70. The van der Waals surface area contributed by atoms with E-state index >= 15 is 0 Å². The lowest BCUT2D eigenvalue weighted by atomic mass is 9.42. The fraction of sp³-hybridized carbons (Fsp3) is 0.750. The summed E-state index contributed by atoms with van der Waals surface area (Å²) in [5.74, 6) is -2.00. The molecular weight excluding hydrogens is 620 g/mol. The van der Waals surface area contributed by atoms with Gasteiger partial charge >= 0.3 is 5.97 Å². The van der Waals surface area contributed by atoms with Crippen molar-refractivity contribution in [2.24, 2.45) is 34.5 Å². The molecule has 5 aliphatic carbocycles. The molecule has 2 N–H and O–H groups in total. The van der Waals surface area contributed by atoms with Gasteiger partial charge in [0.25, 0.3) is 0 Å². The summed E-state index contributed by atoms with van der Waals surface area (Å²) in [6, 6.07) is 6.11. The number of para-hydroxylation sites is 1. The normalized spacial score (nSPS) is 47.1. The maximum Gasteiger partial charge on any atom is 0.340 e. The number of fused-ring (bicyclic) bond motifs is 2. The molecule has 5 saturated carbocycles. The molecule has 12 nitrogen and oxygen atoms in total. The third-order valence-corrected chi connectivity index (χ3v) is 14.2. The van der Waals surface area contributed by atoms with Crippen molar-refractivity contribution < 1.29 is 48.3 Å². The largest absolute Gasteiger partial charge is 0.461 e. The van der Waals surface area contributed by atoms with Gasteiger partial charge in [-0.25, -0.2) is 9.69 Å². The SMILES string of the molecule is CCN1C[C@]2(COC(=O)c3ccccc3N3C(=O)CCC3=O)CC[C@H](OC)[C@@]34[C@@H]5C[C@H]6[C@@H](OC)[C@@H]5[C@](O)(C[C@H]6OC)[C@@](O)([C@@H](OC)[C@H]23)[C@@H]14. The minimum absolute atomic E-state index is 0.0394. The maximum atomic E-state index is 14.0. The summed E-state index contributed by atoms with van der Waals surface area (Å²) in [5, 5.41) is 26.5. The van der Waals surface area contributed by atoms with Crippen LogP contribution in [-0.2, 0) is 33.3 Å². The van der Waals surface area contributed by atoms with Crippen LogP contribution in [0.4, 0.5) is 5.69 Å². The molecule has 0 unspecified atom stereocenters. The lowest BCUT2D eigenvalue weighted by Gasteiger charge is -2.70. The first kappa shape index (κ1) is 32.7. The number of aliphatic hydroxyl groups is 2. The van der Waals surface area contributed by atoms with Gasteiger partial charge in [-0.05, 0) is 43.9 Å². The number of esters is 1. The minimum Gasteiger partial charge on any atom is -0.461 e. The van der Waals surface area contributed by atoms with Gasteiger partial charge < -0.3 is 33.9 Å². The molecule has 7 fully saturated rings. The van der Waals surface area contributed by atoms with E-state index in [0.717, 1.165) is 11.3 Å². The highest BCUT2D eigenvalue weighted by molar-refractivity contribution is 6.21. The molecule has 0 aromatic heterocycles. The first-order valence-corrected chi connectivity index (χ1v) is 17.5. The van der Waals surface area contributed by atoms with Gasteiger partial charge in [-0.1, -0.05) is 19.1 Å². The highest BCUT2D eigenvalue weighted by Crippen LogP contribution is 2.80. The summed E-state index contributed by atoms with van der Waals surface area (Å²) >= 11 is 0. The lowest BCUT2D eigenvalue weighted by molar-refractivity contribution is -0.320. The molecule has 8 rings (SSSR count). The van der Waals surface area contributed by atoms with Crippen molar-refractivity contribution in [2.45, 2.75) is 87.1 Å². The third kappa shape index (κ3) is 3.67. The van der Waals surface area contributed by atoms with E-state index in [-0.39, 0.29) is 90.9 Å². The van der Waals surface area contributed by atoms with Gasteiger partial charge in [-0.15, -0.1) is 0 Å². The van der Waals surface area contributed by atoms with E-state index in [0.29, 0.717) is 25.9 Å². The highest BCUT2D eigenvalue weighted by atomic mass is 16.5. The van der Waals surface area contributed by atoms with Gasteiger partial charge in [-0.2, -0.15) is 0 Å². The second kappa shape index (κ2) is 11.0. The van der Waals surface area contributed by atoms with E-state index in [4.69, 9.17) is 23.7 Å². The zero-order valence-electron chi connectivity index (χ0n) is 28.4. The van der Waals surface area contributed by atoms with Gasteiger partial charge in [0, 0.05) is 82.8 Å². The number of ether oxygens (including phenoxy) is 5. The second-order valence-electron chi connectivity index (χ2n) is 15.4. The minimum atomic E-state index is -1.69. The van der Waals surface area contributed by atoms with E-state index in [1.807, 2.05) is 0 Å². The zero-order chi connectivity index (χ0) is 34.0. The summed E-state index contributed by atoms with van der Waals surface area (Å²) in [6.45, 7) is 3.24. The number of amides is 2. The third-order valence-electron chi connectivity index (χ3n) is 14.2. The van der Waals surface area contributed by atoms with E-state index < -0.39 is 40.1 Å². The Kier molecular flexibility index (Phi) is 7.52. The van der Waals surface area contributed by atoms with Crippen molar-refractivity contribution in [2.75, 3.05) is 53.0 Å². The number of benzene rings is 1. The molecule has 2 aliphatic heterocycles. The van der Waals surface area contributed by atoms with Crippen molar-refractivity contribution in [3.63, 3.8) is 0 Å². The number of hydrogen-bond donors (Lipinski definition) is 2. The number of hydrogen-bond acceptors (Lipinski definition) is 11. The number of likely N-dealkylation sites (N-methyl/N-ethyl adjacent to an activating group) is 1. The smallest absolute Gasteiger partial charge is 0.340 e. The fourth-order valence-corrected chi connectivity index (χ4v) is 13.0. The van der Waals surface area contributed by atoms with Crippen LogP contribution >= 0.6 is 0 Å². The number of anilines is 1. The second-order valence-corrected chi connectivity index (χ2v) is 15.4. The quantitative estimate of drug-likeness (QED) is 0.294. The van der Waals surface area contributed by atoms with Crippen molar-refractivity contribution in [3.8, 4) is 0 Å². The van der Waals surface area contributed by atoms with Crippen molar-refractivity contribution in [1.29, 1.82) is 0 Å². The Balaban J connectivity index is 1.24. The van der Waals surface area contributed by atoms with E-state index in [9.17, 15) is 24.6 Å². The molecule has 1 spiro atoms. The Bertz CT molecular complexity index is 1510. The Morgan fingerprint density at radius 3 is 2.38 bits per heavy atom. The van der Waals surface area contributed by atoms with Crippen LogP contribution in [0.5, 0.6) is 0 Å². The van der Waals surface area contributed by atoms with Crippen molar-refractivity contribution >= 4 is 23.5 Å².